The number of quaternary nitrogens is 1. The Morgan fingerprint density at radius 1 is 0.969 bits per heavy atom. The number of amides is 1. The first-order chi connectivity index (χ1) is 15.5. The second-order valence-corrected chi connectivity index (χ2v) is 8.49. The first kappa shape index (κ1) is 21.9. The summed E-state index contributed by atoms with van der Waals surface area (Å²) in [6.07, 6.45) is 0. The largest absolute Gasteiger partial charge is 0.497 e. The number of piperazine rings is 1. The minimum atomic E-state index is -0.242. The van der Waals surface area contributed by atoms with E-state index in [1.54, 1.807) is 7.11 Å². The van der Waals surface area contributed by atoms with E-state index in [9.17, 15) is 4.79 Å². The molecule has 0 saturated carbocycles. The van der Waals surface area contributed by atoms with Crippen LogP contribution < -0.4 is 19.9 Å². The fraction of sp³-hybridized carbons (Fsp3) is 0.296. The molecule has 0 radical (unpaired) electrons. The Bertz CT molecular complexity index is 1040. The Hall–Kier alpha value is -3.31. The number of hydrogen-bond donors (Lipinski definition) is 2. The number of nitrogens with zero attached hydrogens (tertiary/aromatic N) is 1. The molecular weight excluding hydrogens is 398 g/mol. The van der Waals surface area contributed by atoms with Gasteiger partial charge in [-0.15, -0.1) is 0 Å². The number of nitrogens with one attached hydrogen (secondary N) is 2. The SMILES string of the molecule is COc1ccc(N2CC[NH+]([C@@H](C(=O)Nc3cc(C)ccc3C)c3ccccc3)CC2)cc1. The molecule has 5 heteroatoms. The minimum Gasteiger partial charge on any atom is -0.497 e. The molecule has 1 heterocycles. The molecule has 0 spiro atoms. The number of carbonyl (C=O) groups excluding carboxylic acids is 1. The molecule has 1 atom stereocenters. The molecule has 1 aliphatic heterocycles. The van der Waals surface area contributed by atoms with Gasteiger partial charge in [0.25, 0.3) is 5.91 Å². The van der Waals surface area contributed by atoms with Crippen LogP contribution in [0.5, 0.6) is 5.75 Å². The molecule has 166 valence electrons. The average Bonchev–Trinajstić information content (AvgIpc) is 2.83. The van der Waals surface area contributed by atoms with Crippen molar-refractivity contribution in [3.8, 4) is 5.75 Å². The van der Waals surface area contributed by atoms with Crippen LogP contribution in [0, 0.1) is 13.8 Å². The lowest BCUT2D eigenvalue weighted by Gasteiger charge is -2.37. The molecule has 0 aromatic heterocycles. The highest BCUT2D eigenvalue weighted by Gasteiger charge is 2.34. The maximum Gasteiger partial charge on any atom is 0.287 e. The second-order valence-electron chi connectivity index (χ2n) is 8.49. The number of anilines is 2. The summed E-state index contributed by atoms with van der Waals surface area (Å²) < 4.78 is 5.28. The third kappa shape index (κ3) is 4.94. The van der Waals surface area contributed by atoms with Gasteiger partial charge in [0.05, 0.1) is 33.3 Å². The summed E-state index contributed by atoms with van der Waals surface area (Å²) >= 11 is 0. The Morgan fingerprint density at radius 2 is 1.66 bits per heavy atom. The zero-order valence-electron chi connectivity index (χ0n) is 19.1. The van der Waals surface area contributed by atoms with Gasteiger partial charge >= 0.3 is 0 Å². The summed E-state index contributed by atoms with van der Waals surface area (Å²) in [5.41, 5.74) is 5.37. The van der Waals surface area contributed by atoms with Crippen molar-refractivity contribution >= 4 is 17.3 Å². The van der Waals surface area contributed by atoms with Crippen LogP contribution in [0.1, 0.15) is 22.7 Å². The first-order valence-electron chi connectivity index (χ1n) is 11.2. The molecule has 0 aliphatic carbocycles. The highest BCUT2D eigenvalue weighted by molar-refractivity contribution is 5.95. The molecule has 32 heavy (non-hydrogen) atoms. The van der Waals surface area contributed by atoms with E-state index >= 15 is 0 Å². The number of benzene rings is 3. The summed E-state index contributed by atoms with van der Waals surface area (Å²) in [7, 11) is 1.68. The number of carbonyl (C=O) groups is 1. The number of rotatable bonds is 6. The third-order valence-electron chi connectivity index (χ3n) is 6.30. The van der Waals surface area contributed by atoms with Crippen molar-refractivity contribution in [1.29, 1.82) is 0 Å². The maximum atomic E-state index is 13.5. The molecule has 3 aromatic carbocycles. The number of methoxy groups -OCH3 is 1. The van der Waals surface area contributed by atoms with Crippen LogP contribution in [0.2, 0.25) is 0 Å². The van der Waals surface area contributed by atoms with E-state index in [4.69, 9.17) is 4.74 Å². The van der Waals surface area contributed by atoms with Crippen LogP contribution in [0.15, 0.2) is 72.8 Å². The van der Waals surface area contributed by atoms with Gasteiger partial charge in [0, 0.05) is 16.9 Å². The first-order valence-corrected chi connectivity index (χ1v) is 11.2. The Kier molecular flexibility index (Phi) is 6.76. The maximum absolute atomic E-state index is 13.5. The molecule has 2 N–H and O–H groups in total. The normalized spacial score (nSPS) is 15.3. The molecule has 1 fully saturated rings. The quantitative estimate of drug-likeness (QED) is 0.630. The second kappa shape index (κ2) is 9.88. The molecule has 0 unspecified atom stereocenters. The Morgan fingerprint density at radius 3 is 2.31 bits per heavy atom. The van der Waals surface area contributed by atoms with Gasteiger partial charge in [-0.25, -0.2) is 0 Å². The fourth-order valence-electron chi connectivity index (χ4n) is 4.43. The van der Waals surface area contributed by atoms with E-state index in [-0.39, 0.29) is 11.9 Å². The van der Waals surface area contributed by atoms with E-state index in [2.05, 4.69) is 46.6 Å². The lowest BCUT2D eigenvalue weighted by Crippen LogP contribution is -3.16. The van der Waals surface area contributed by atoms with Crippen molar-refractivity contribution in [2.75, 3.05) is 43.5 Å². The molecule has 1 saturated heterocycles. The number of ether oxygens (including phenoxy) is 1. The lowest BCUT2D eigenvalue weighted by atomic mass is 10.0. The summed E-state index contributed by atoms with van der Waals surface area (Å²) in [6.45, 7) is 7.68. The molecule has 3 aromatic rings. The van der Waals surface area contributed by atoms with Gasteiger partial charge in [-0.1, -0.05) is 42.5 Å². The Balaban J connectivity index is 1.51. The van der Waals surface area contributed by atoms with Crippen molar-refractivity contribution < 1.29 is 14.4 Å². The highest BCUT2D eigenvalue weighted by Crippen LogP contribution is 2.21. The van der Waals surface area contributed by atoms with E-state index in [1.807, 2.05) is 50.2 Å². The fourth-order valence-corrected chi connectivity index (χ4v) is 4.43. The van der Waals surface area contributed by atoms with Crippen LogP contribution in [0.3, 0.4) is 0 Å². The molecule has 5 nitrogen and oxygen atoms in total. The highest BCUT2D eigenvalue weighted by atomic mass is 16.5. The van der Waals surface area contributed by atoms with Crippen LogP contribution in [-0.4, -0.2) is 39.2 Å². The molecule has 0 bridgehead atoms. The van der Waals surface area contributed by atoms with E-state index < -0.39 is 0 Å². The topological polar surface area (TPSA) is 46.0 Å². The third-order valence-corrected chi connectivity index (χ3v) is 6.30. The van der Waals surface area contributed by atoms with Crippen LogP contribution in [0.25, 0.3) is 0 Å². The number of hydrogen-bond acceptors (Lipinski definition) is 3. The average molecular weight is 431 g/mol. The predicted molar refractivity (Wildman–Crippen MR) is 130 cm³/mol. The molecular formula is C27H32N3O2+. The van der Waals surface area contributed by atoms with Gasteiger partial charge < -0.3 is 19.9 Å². The van der Waals surface area contributed by atoms with E-state index in [1.165, 1.54) is 10.6 Å². The van der Waals surface area contributed by atoms with Crippen molar-refractivity contribution in [3.05, 3.63) is 89.5 Å². The van der Waals surface area contributed by atoms with Crippen molar-refractivity contribution in [2.24, 2.45) is 0 Å². The monoisotopic (exact) mass is 430 g/mol. The van der Waals surface area contributed by atoms with Gasteiger partial charge in [0.2, 0.25) is 0 Å². The van der Waals surface area contributed by atoms with Gasteiger partial charge in [0.1, 0.15) is 5.75 Å². The Labute approximate surface area is 190 Å². The molecule has 1 amide bonds. The molecule has 1 aliphatic rings. The zero-order valence-corrected chi connectivity index (χ0v) is 19.1. The smallest absolute Gasteiger partial charge is 0.287 e. The van der Waals surface area contributed by atoms with Crippen LogP contribution >= 0.6 is 0 Å². The van der Waals surface area contributed by atoms with Gasteiger partial charge in [-0.05, 0) is 55.3 Å². The predicted octanol–water partition coefficient (Wildman–Crippen LogP) is 3.40. The molecule has 4 rings (SSSR count). The lowest BCUT2D eigenvalue weighted by molar-refractivity contribution is -0.922. The van der Waals surface area contributed by atoms with Gasteiger partial charge in [0.15, 0.2) is 6.04 Å². The zero-order chi connectivity index (χ0) is 22.5. The summed E-state index contributed by atoms with van der Waals surface area (Å²) in [5.74, 6) is 0.920. The van der Waals surface area contributed by atoms with Crippen molar-refractivity contribution in [3.63, 3.8) is 0 Å². The van der Waals surface area contributed by atoms with Crippen LogP contribution in [-0.2, 0) is 4.79 Å². The summed E-state index contributed by atoms with van der Waals surface area (Å²) in [4.78, 5) is 17.2. The van der Waals surface area contributed by atoms with Crippen molar-refractivity contribution in [2.45, 2.75) is 19.9 Å². The van der Waals surface area contributed by atoms with E-state index in [0.29, 0.717) is 0 Å². The standard InChI is InChI=1S/C27H31N3O2/c1-20-9-10-21(2)25(19-20)28-27(31)26(22-7-5-4-6-8-22)30-17-15-29(16-18-30)23-11-13-24(32-3)14-12-23/h4-14,19,26H,15-18H2,1-3H3,(H,28,31)/p+1/t26-/m1/s1. The summed E-state index contributed by atoms with van der Waals surface area (Å²) in [5, 5.41) is 3.22. The van der Waals surface area contributed by atoms with Gasteiger partial charge in [-0.2, -0.15) is 0 Å². The minimum absolute atomic E-state index is 0.0535. The van der Waals surface area contributed by atoms with Crippen molar-refractivity contribution in [1.82, 2.24) is 0 Å². The van der Waals surface area contributed by atoms with Gasteiger partial charge in [-0.3, -0.25) is 4.79 Å². The van der Waals surface area contributed by atoms with E-state index in [0.717, 1.165) is 54.3 Å². The number of aryl methyl sites for hydroxylation is 2. The van der Waals surface area contributed by atoms with Crippen LogP contribution in [0.4, 0.5) is 11.4 Å². The summed E-state index contributed by atoms with van der Waals surface area (Å²) in [6, 6.07) is 24.3.